The van der Waals surface area contributed by atoms with E-state index in [0.717, 1.165) is 23.1 Å². The summed E-state index contributed by atoms with van der Waals surface area (Å²) in [5.74, 6) is 0.436. The molecule has 0 atom stereocenters. The molecule has 1 N–H and O–H groups in total. The Hall–Kier alpha value is -2.33. The second kappa shape index (κ2) is 6.20. The fraction of sp³-hybridized carbons (Fsp3) is 0.222. The third-order valence-corrected chi connectivity index (χ3v) is 3.78. The highest BCUT2D eigenvalue weighted by Gasteiger charge is 2.16. The Morgan fingerprint density at radius 2 is 1.95 bits per heavy atom. The van der Waals surface area contributed by atoms with Crippen molar-refractivity contribution in [1.29, 1.82) is 0 Å². The van der Waals surface area contributed by atoms with Crippen molar-refractivity contribution < 1.29 is 19.0 Å². The van der Waals surface area contributed by atoms with E-state index < -0.39 is 0 Å². The Bertz CT molecular complexity index is 722. The molecule has 0 radical (unpaired) electrons. The van der Waals surface area contributed by atoms with Gasteiger partial charge in [-0.2, -0.15) is 0 Å². The Labute approximate surface area is 128 Å². The fourth-order valence-electron chi connectivity index (χ4n) is 2.64. The highest BCUT2D eigenvalue weighted by Crippen LogP contribution is 2.36. The molecule has 0 aromatic heterocycles. The van der Waals surface area contributed by atoms with Gasteiger partial charge in [-0.1, -0.05) is 6.08 Å². The molecule has 0 bridgehead atoms. The molecule has 3 rings (SSSR count). The van der Waals surface area contributed by atoms with Crippen LogP contribution in [0.3, 0.4) is 0 Å². The van der Waals surface area contributed by atoms with Crippen LogP contribution in [-0.2, 0) is 4.74 Å². The smallest absolute Gasteiger partial charge is 0.131 e. The summed E-state index contributed by atoms with van der Waals surface area (Å²) in [6.07, 6.45) is 2.71. The Balaban J connectivity index is 2.16. The van der Waals surface area contributed by atoms with Crippen molar-refractivity contribution >= 4 is 5.57 Å². The molecular weight excluding hydrogens is 283 g/mol. The van der Waals surface area contributed by atoms with Gasteiger partial charge in [-0.15, -0.1) is 0 Å². The monoisotopic (exact) mass is 300 g/mol. The lowest BCUT2D eigenvalue weighted by Gasteiger charge is -2.18. The molecule has 0 saturated carbocycles. The van der Waals surface area contributed by atoms with Crippen LogP contribution in [-0.4, -0.2) is 25.4 Å². The van der Waals surface area contributed by atoms with Crippen LogP contribution < -0.4 is 4.74 Å². The Morgan fingerprint density at radius 3 is 2.68 bits per heavy atom. The van der Waals surface area contributed by atoms with Crippen molar-refractivity contribution in [1.82, 2.24) is 0 Å². The van der Waals surface area contributed by atoms with Crippen LogP contribution in [0.2, 0.25) is 0 Å². The molecule has 2 aromatic rings. The standard InChI is InChI=1S/C18H17FO3/c1-21-14-3-5-18(19)17(11-14)15-4-2-13(20)10-16(15)12-6-8-22-9-7-12/h2-6,10-11,20H,7-9H2,1H3. The highest BCUT2D eigenvalue weighted by atomic mass is 19.1. The lowest BCUT2D eigenvalue weighted by atomic mass is 9.91. The number of halogens is 1. The van der Waals surface area contributed by atoms with Crippen LogP contribution in [0, 0.1) is 5.82 Å². The number of phenols is 1. The van der Waals surface area contributed by atoms with Gasteiger partial charge in [0.25, 0.3) is 0 Å². The van der Waals surface area contributed by atoms with E-state index in [1.807, 2.05) is 6.08 Å². The van der Waals surface area contributed by atoms with Crippen LogP contribution >= 0.6 is 0 Å². The molecule has 22 heavy (non-hydrogen) atoms. The number of ether oxygens (including phenoxy) is 2. The van der Waals surface area contributed by atoms with E-state index in [4.69, 9.17) is 9.47 Å². The first-order valence-electron chi connectivity index (χ1n) is 7.13. The van der Waals surface area contributed by atoms with E-state index in [9.17, 15) is 9.50 Å². The Kier molecular flexibility index (Phi) is 4.11. The van der Waals surface area contributed by atoms with Gasteiger partial charge in [0.15, 0.2) is 0 Å². The summed E-state index contributed by atoms with van der Waals surface area (Å²) < 4.78 is 24.8. The summed E-state index contributed by atoms with van der Waals surface area (Å²) in [4.78, 5) is 0. The van der Waals surface area contributed by atoms with Gasteiger partial charge < -0.3 is 14.6 Å². The maximum absolute atomic E-state index is 14.3. The SMILES string of the molecule is COc1ccc(F)c(-c2ccc(O)cc2C2=CCOCC2)c1. The van der Waals surface area contributed by atoms with Crippen LogP contribution in [0.15, 0.2) is 42.5 Å². The number of aromatic hydroxyl groups is 1. The lowest BCUT2D eigenvalue weighted by Crippen LogP contribution is -2.05. The summed E-state index contributed by atoms with van der Waals surface area (Å²) in [5.41, 5.74) is 3.08. The van der Waals surface area contributed by atoms with Crippen molar-refractivity contribution in [3.8, 4) is 22.6 Å². The van der Waals surface area contributed by atoms with E-state index >= 15 is 0 Å². The molecule has 0 fully saturated rings. The summed E-state index contributed by atoms with van der Waals surface area (Å²) in [5, 5.41) is 9.81. The van der Waals surface area contributed by atoms with Gasteiger partial charge in [-0.3, -0.25) is 0 Å². The first kappa shape index (κ1) is 14.6. The molecule has 1 heterocycles. The van der Waals surface area contributed by atoms with Crippen LogP contribution in [0.5, 0.6) is 11.5 Å². The summed E-state index contributed by atoms with van der Waals surface area (Å²) in [6, 6.07) is 9.63. The van der Waals surface area contributed by atoms with Crippen molar-refractivity contribution in [3.05, 3.63) is 53.9 Å². The lowest BCUT2D eigenvalue weighted by molar-refractivity contribution is 0.161. The number of hydrogen-bond donors (Lipinski definition) is 1. The first-order valence-corrected chi connectivity index (χ1v) is 7.13. The topological polar surface area (TPSA) is 38.7 Å². The molecule has 3 nitrogen and oxygen atoms in total. The second-order valence-corrected chi connectivity index (χ2v) is 5.13. The van der Waals surface area contributed by atoms with E-state index in [-0.39, 0.29) is 11.6 Å². The molecule has 0 amide bonds. The van der Waals surface area contributed by atoms with Gasteiger partial charge >= 0.3 is 0 Å². The summed E-state index contributed by atoms with van der Waals surface area (Å²) in [6.45, 7) is 1.16. The fourth-order valence-corrected chi connectivity index (χ4v) is 2.64. The van der Waals surface area contributed by atoms with Crippen LogP contribution in [0.1, 0.15) is 12.0 Å². The van der Waals surface area contributed by atoms with Crippen molar-refractivity contribution in [3.63, 3.8) is 0 Å². The van der Waals surface area contributed by atoms with Gasteiger partial charge in [-0.25, -0.2) is 4.39 Å². The van der Waals surface area contributed by atoms with Crippen LogP contribution in [0.4, 0.5) is 4.39 Å². The zero-order valence-corrected chi connectivity index (χ0v) is 12.3. The molecule has 114 valence electrons. The number of rotatable bonds is 3. The average Bonchev–Trinajstić information content (AvgIpc) is 2.56. The molecule has 0 unspecified atom stereocenters. The quantitative estimate of drug-likeness (QED) is 0.930. The normalized spacial score (nSPS) is 14.5. The van der Waals surface area contributed by atoms with Crippen molar-refractivity contribution in [2.24, 2.45) is 0 Å². The molecule has 0 saturated heterocycles. The zero-order valence-electron chi connectivity index (χ0n) is 12.3. The van der Waals surface area contributed by atoms with E-state index in [1.54, 1.807) is 37.4 Å². The van der Waals surface area contributed by atoms with Crippen LogP contribution in [0.25, 0.3) is 16.7 Å². The number of hydrogen-bond acceptors (Lipinski definition) is 3. The van der Waals surface area contributed by atoms with E-state index in [2.05, 4.69) is 0 Å². The minimum atomic E-state index is -0.319. The molecule has 0 aliphatic carbocycles. The molecular formula is C18H17FO3. The number of methoxy groups -OCH3 is 1. The van der Waals surface area contributed by atoms with Gasteiger partial charge in [0.1, 0.15) is 17.3 Å². The number of phenolic OH excluding ortho intramolecular Hbond substituents is 1. The van der Waals surface area contributed by atoms with Crippen molar-refractivity contribution in [2.45, 2.75) is 6.42 Å². The third-order valence-electron chi connectivity index (χ3n) is 3.78. The minimum absolute atomic E-state index is 0.162. The van der Waals surface area contributed by atoms with Gasteiger partial charge in [0.2, 0.25) is 0 Å². The summed E-state index contributed by atoms with van der Waals surface area (Å²) in [7, 11) is 1.55. The van der Waals surface area contributed by atoms with Gasteiger partial charge in [0, 0.05) is 5.56 Å². The molecule has 1 aliphatic rings. The van der Waals surface area contributed by atoms with E-state index in [0.29, 0.717) is 24.5 Å². The second-order valence-electron chi connectivity index (χ2n) is 5.13. The number of benzene rings is 2. The third kappa shape index (κ3) is 2.83. The Morgan fingerprint density at radius 1 is 1.09 bits per heavy atom. The maximum atomic E-state index is 14.3. The largest absolute Gasteiger partial charge is 0.508 e. The predicted octanol–water partition coefficient (Wildman–Crippen LogP) is 4.01. The molecule has 1 aliphatic heterocycles. The molecule has 4 heteroatoms. The molecule has 0 spiro atoms. The molecule has 2 aromatic carbocycles. The minimum Gasteiger partial charge on any atom is -0.508 e. The first-order chi connectivity index (χ1) is 10.7. The average molecular weight is 300 g/mol. The van der Waals surface area contributed by atoms with Gasteiger partial charge in [0.05, 0.1) is 20.3 Å². The highest BCUT2D eigenvalue weighted by molar-refractivity contribution is 5.83. The van der Waals surface area contributed by atoms with E-state index in [1.165, 1.54) is 6.07 Å². The summed E-state index contributed by atoms with van der Waals surface area (Å²) >= 11 is 0. The maximum Gasteiger partial charge on any atom is 0.131 e. The predicted molar refractivity (Wildman–Crippen MR) is 83.5 cm³/mol. The van der Waals surface area contributed by atoms with Gasteiger partial charge in [-0.05, 0) is 59.5 Å². The van der Waals surface area contributed by atoms with Crippen molar-refractivity contribution in [2.75, 3.05) is 20.3 Å². The zero-order chi connectivity index (χ0) is 15.5.